The van der Waals surface area contributed by atoms with Crippen LogP contribution >= 0.6 is 11.8 Å². The summed E-state index contributed by atoms with van der Waals surface area (Å²) in [6, 6.07) is 5.41. The zero-order valence-corrected chi connectivity index (χ0v) is 15.1. The van der Waals surface area contributed by atoms with E-state index in [9.17, 15) is 4.79 Å². The van der Waals surface area contributed by atoms with Crippen molar-refractivity contribution in [3.05, 3.63) is 18.2 Å². The third-order valence-electron chi connectivity index (χ3n) is 3.50. The lowest BCUT2D eigenvalue weighted by atomic mass is 10.2. The summed E-state index contributed by atoms with van der Waals surface area (Å²) in [5.74, 6) is 3.92. The molecule has 1 aromatic rings. The van der Waals surface area contributed by atoms with Crippen LogP contribution < -0.4 is 14.8 Å². The van der Waals surface area contributed by atoms with Gasteiger partial charge in [0.1, 0.15) is 0 Å². The quantitative estimate of drug-likeness (QED) is 0.909. The lowest BCUT2D eigenvalue weighted by Gasteiger charge is -2.23. The van der Waals surface area contributed by atoms with Gasteiger partial charge < -0.3 is 19.7 Å². The minimum absolute atomic E-state index is 0.0565. The first-order valence-electron chi connectivity index (χ1n) is 7.98. The third-order valence-corrected chi connectivity index (χ3v) is 4.78. The number of hydrogen-bond donors (Lipinski definition) is 1. The van der Waals surface area contributed by atoms with E-state index in [0.717, 1.165) is 24.6 Å². The van der Waals surface area contributed by atoms with Gasteiger partial charge in [0, 0.05) is 30.6 Å². The van der Waals surface area contributed by atoms with Gasteiger partial charge in [-0.3, -0.25) is 0 Å². The van der Waals surface area contributed by atoms with Crippen LogP contribution in [0.2, 0.25) is 0 Å². The van der Waals surface area contributed by atoms with Crippen LogP contribution in [0.4, 0.5) is 10.5 Å². The highest BCUT2D eigenvalue weighted by Crippen LogP contribution is 2.31. The molecule has 0 bridgehead atoms. The summed E-state index contributed by atoms with van der Waals surface area (Å²) in [5, 5.41) is 2.96. The molecule has 0 aromatic heterocycles. The molecule has 2 amide bonds. The average Bonchev–Trinajstić information content (AvgIpc) is 2.73. The number of carbonyl (C=O) groups excluding carboxylic acids is 1. The molecule has 1 heterocycles. The van der Waals surface area contributed by atoms with Crippen LogP contribution in [0.15, 0.2) is 18.2 Å². The molecule has 1 aliphatic heterocycles. The lowest BCUT2D eigenvalue weighted by molar-refractivity contribution is 0.209. The van der Waals surface area contributed by atoms with Crippen LogP contribution in [0.1, 0.15) is 20.8 Å². The second kappa shape index (κ2) is 8.34. The molecular weight excluding hydrogens is 312 g/mol. The third kappa shape index (κ3) is 5.23. The molecule has 0 unspecified atom stereocenters. The van der Waals surface area contributed by atoms with Crippen molar-refractivity contribution in [3.63, 3.8) is 0 Å². The van der Waals surface area contributed by atoms with Gasteiger partial charge >= 0.3 is 6.03 Å². The van der Waals surface area contributed by atoms with E-state index in [1.54, 1.807) is 13.2 Å². The fourth-order valence-corrected chi connectivity index (χ4v) is 3.49. The number of hydrogen-bond acceptors (Lipinski definition) is 4. The Morgan fingerprint density at radius 2 is 2.17 bits per heavy atom. The second-order valence-corrected chi connectivity index (χ2v) is 7.24. The molecule has 0 spiro atoms. The molecule has 0 aliphatic carbocycles. The Balaban J connectivity index is 2.05. The molecule has 23 heavy (non-hydrogen) atoms. The number of rotatable bonds is 4. The van der Waals surface area contributed by atoms with E-state index in [1.807, 2.05) is 42.6 Å². The van der Waals surface area contributed by atoms with Crippen LogP contribution in [0.25, 0.3) is 0 Å². The Labute approximate surface area is 142 Å². The zero-order valence-electron chi connectivity index (χ0n) is 14.3. The van der Waals surface area contributed by atoms with Crippen molar-refractivity contribution in [1.29, 1.82) is 0 Å². The normalized spacial score (nSPS) is 18.5. The van der Waals surface area contributed by atoms with Gasteiger partial charge in [-0.05, 0) is 37.7 Å². The Morgan fingerprint density at radius 1 is 1.39 bits per heavy atom. The fraction of sp³-hybridized carbons (Fsp3) is 0.588. The molecule has 128 valence electrons. The highest BCUT2D eigenvalue weighted by molar-refractivity contribution is 7.99. The highest BCUT2D eigenvalue weighted by atomic mass is 32.2. The van der Waals surface area contributed by atoms with E-state index >= 15 is 0 Å². The fourth-order valence-electron chi connectivity index (χ4n) is 2.46. The Hall–Kier alpha value is -1.56. The molecule has 1 atom stereocenters. The summed E-state index contributed by atoms with van der Waals surface area (Å²) in [6.45, 7) is 7.69. The maximum atomic E-state index is 12.5. The summed E-state index contributed by atoms with van der Waals surface area (Å²) in [6.07, 6.45) is 0.0698. The average molecular weight is 338 g/mol. The van der Waals surface area contributed by atoms with Gasteiger partial charge in [-0.1, -0.05) is 6.92 Å². The van der Waals surface area contributed by atoms with Crippen LogP contribution in [0.3, 0.4) is 0 Å². The van der Waals surface area contributed by atoms with E-state index in [1.165, 1.54) is 0 Å². The summed E-state index contributed by atoms with van der Waals surface area (Å²) in [5.41, 5.74) is 0.715. The molecule has 6 heteroatoms. The summed E-state index contributed by atoms with van der Waals surface area (Å²) in [4.78, 5) is 14.3. The van der Waals surface area contributed by atoms with Gasteiger partial charge in [-0.25, -0.2) is 4.79 Å². The van der Waals surface area contributed by atoms with E-state index < -0.39 is 0 Å². The molecule has 0 saturated carbocycles. The van der Waals surface area contributed by atoms with Crippen LogP contribution in [-0.4, -0.2) is 48.7 Å². The monoisotopic (exact) mass is 338 g/mol. The molecule has 1 N–H and O–H groups in total. The van der Waals surface area contributed by atoms with Gasteiger partial charge in [-0.2, -0.15) is 11.8 Å². The number of carbonyl (C=O) groups is 1. The van der Waals surface area contributed by atoms with E-state index in [0.29, 0.717) is 23.1 Å². The number of benzene rings is 1. The van der Waals surface area contributed by atoms with E-state index in [2.05, 4.69) is 12.2 Å². The Kier molecular flexibility index (Phi) is 6.45. The Morgan fingerprint density at radius 3 is 2.87 bits per heavy atom. The minimum Gasteiger partial charge on any atom is -0.493 e. The van der Waals surface area contributed by atoms with Crippen molar-refractivity contribution in [2.45, 2.75) is 26.9 Å². The molecule has 1 saturated heterocycles. The van der Waals surface area contributed by atoms with Crippen molar-refractivity contribution < 1.29 is 14.3 Å². The SMILES string of the molecule is COc1cc(NC(=O)N2CCSC[C@H](C)C2)ccc1OC(C)C. The topological polar surface area (TPSA) is 50.8 Å². The Bertz CT molecular complexity index is 537. The van der Waals surface area contributed by atoms with Crippen LogP contribution in [-0.2, 0) is 0 Å². The lowest BCUT2D eigenvalue weighted by Crippen LogP contribution is -2.38. The number of urea groups is 1. The highest BCUT2D eigenvalue weighted by Gasteiger charge is 2.20. The zero-order chi connectivity index (χ0) is 16.8. The van der Waals surface area contributed by atoms with Gasteiger partial charge in [-0.15, -0.1) is 0 Å². The maximum absolute atomic E-state index is 12.5. The number of nitrogens with zero attached hydrogens (tertiary/aromatic N) is 1. The molecule has 5 nitrogen and oxygen atoms in total. The molecule has 0 radical (unpaired) electrons. The predicted molar refractivity (Wildman–Crippen MR) is 95.8 cm³/mol. The van der Waals surface area contributed by atoms with Crippen LogP contribution in [0, 0.1) is 5.92 Å². The molecule has 1 aromatic carbocycles. The van der Waals surface area contributed by atoms with Crippen molar-refractivity contribution in [3.8, 4) is 11.5 Å². The standard InChI is InChI=1S/C17H26N2O3S/c1-12(2)22-15-6-5-14(9-16(15)21-4)18-17(20)19-7-8-23-11-13(3)10-19/h5-6,9,12-13H,7-8,10-11H2,1-4H3,(H,18,20)/t13-/m1/s1. The van der Waals surface area contributed by atoms with E-state index in [-0.39, 0.29) is 12.1 Å². The molecular formula is C17H26N2O3S. The number of methoxy groups -OCH3 is 1. The number of amides is 2. The van der Waals surface area contributed by atoms with Crippen LogP contribution in [0.5, 0.6) is 11.5 Å². The summed E-state index contributed by atoms with van der Waals surface area (Å²) < 4.78 is 11.0. The molecule has 1 fully saturated rings. The van der Waals surface area contributed by atoms with E-state index in [4.69, 9.17) is 9.47 Å². The molecule has 2 rings (SSSR count). The van der Waals surface area contributed by atoms with Gasteiger partial charge in [0.25, 0.3) is 0 Å². The summed E-state index contributed by atoms with van der Waals surface area (Å²) >= 11 is 1.91. The van der Waals surface area contributed by atoms with Gasteiger partial charge in [0.2, 0.25) is 0 Å². The van der Waals surface area contributed by atoms with Crippen molar-refractivity contribution in [2.75, 3.05) is 37.0 Å². The second-order valence-electron chi connectivity index (χ2n) is 6.09. The summed E-state index contributed by atoms with van der Waals surface area (Å²) in [7, 11) is 1.60. The number of nitrogens with one attached hydrogen (secondary N) is 1. The van der Waals surface area contributed by atoms with Crippen molar-refractivity contribution in [1.82, 2.24) is 4.90 Å². The number of ether oxygens (including phenoxy) is 2. The maximum Gasteiger partial charge on any atom is 0.321 e. The number of thioether (sulfide) groups is 1. The largest absolute Gasteiger partial charge is 0.493 e. The number of anilines is 1. The first-order valence-corrected chi connectivity index (χ1v) is 9.13. The first-order chi connectivity index (χ1) is 11.0. The smallest absolute Gasteiger partial charge is 0.321 e. The minimum atomic E-state index is -0.0565. The van der Waals surface area contributed by atoms with Crippen molar-refractivity contribution >= 4 is 23.5 Å². The predicted octanol–water partition coefficient (Wildman–Crippen LogP) is 3.70. The first kappa shape index (κ1) is 17.8. The van der Waals surface area contributed by atoms with Gasteiger partial charge in [0.05, 0.1) is 13.2 Å². The van der Waals surface area contributed by atoms with Crippen molar-refractivity contribution in [2.24, 2.45) is 5.92 Å². The molecule has 1 aliphatic rings. The van der Waals surface area contributed by atoms with Gasteiger partial charge in [0.15, 0.2) is 11.5 Å².